The second-order valence-electron chi connectivity index (χ2n) is 3.44. The van der Waals surface area contributed by atoms with Crippen molar-refractivity contribution in [2.75, 3.05) is 0 Å². The molecule has 0 atom stereocenters. The van der Waals surface area contributed by atoms with Gasteiger partial charge in [0.25, 0.3) is 0 Å². The molecule has 1 nitrogen and oxygen atoms in total. The number of aromatic nitrogens is 1. The molecule has 1 aromatic heterocycles. The lowest BCUT2D eigenvalue weighted by atomic mass is 10.2. The van der Waals surface area contributed by atoms with Gasteiger partial charge in [-0.15, -0.1) is 11.8 Å². The first-order valence-electron chi connectivity index (χ1n) is 5.05. The molecular formula is C14H17N. The van der Waals surface area contributed by atoms with Gasteiger partial charge in [-0.05, 0) is 32.4 Å². The third-order valence-corrected chi connectivity index (χ3v) is 2.35. The van der Waals surface area contributed by atoms with E-state index in [0.717, 1.165) is 0 Å². The van der Waals surface area contributed by atoms with Crippen LogP contribution in [0.4, 0.5) is 0 Å². The number of rotatable bonds is 0. The number of hydrogen-bond acceptors (Lipinski definition) is 0. The van der Waals surface area contributed by atoms with E-state index in [1.54, 1.807) is 0 Å². The summed E-state index contributed by atoms with van der Waals surface area (Å²) in [6.45, 7) is 5.78. The lowest BCUT2D eigenvalue weighted by Gasteiger charge is -1.92. The second-order valence-corrected chi connectivity index (χ2v) is 3.44. The molecule has 0 unspecified atom stereocenters. The predicted molar refractivity (Wildman–Crippen MR) is 66.8 cm³/mol. The van der Waals surface area contributed by atoms with Crippen LogP contribution >= 0.6 is 0 Å². The maximum atomic E-state index is 2.68. The molecule has 2 aromatic rings. The summed E-state index contributed by atoms with van der Waals surface area (Å²) in [6, 6.07) is 8.45. The maximum Gasteiger partial charge on any atom is 0.0480 e. The van der Waals surface area contributed by atoms with Gasteiger partial charge in [0.2, 0.25) is 0 Å². The molecule has 0 amide bonds. The summed E-state index contributed by atoms with van der Waals surface area (Å²) >= 11 is 0. The summed E-state index contributed by atoms with van der Waals surface area (Å²) in [5, 5.41) is 1.36. The van der Waals surface area contributed by atoms with Crippen LogP contribution in [-0.4, -0.2) is 4.57 Å². The molecule has 1 aromatic carbocycles. The molecule has 0 radical (unpaired) electrons. The smallest absolute Gasteiger partial charge is 0.0480 e. The summed E-state index contributed by atoms with van der Waals surface area (Å²) in [4.78, 5) is 0. The number of hydrogen-bond donors (Lipinski definition) is 0. The average Bonchev–Trinajstić information content (AvgIpc) is 2.56. The van der Waals surface area contributed by atoms with Gasteiger partial charge < -0.3 is 4.57 Å². The molecule has 0 bridgehead atoms. The van der Waals surface area contributed by atoms with Crippen LogP contribution < -0.4 is 0 Å². The van der Waals surface area contributed by atoms with Crippen LogP contribution in [0.25, 0.3) is 10.9 Å². The van der Waals surface area contributed by atoms with Crippen molar-refractivity contribution < 1.29 is 0 Å². The lowest BCUT2D eigenvalue weighted by molar-refractivity contribution is 0.964. The fraction of sp³-hybridized carbons (Fsp3) is 0.286. The van der Waals surface area contributed by atoms with Gasteiger partial charge in [0.1, 0.15) is 0 Å². The molecule has 0 aliphatic rings. The first-order valence-corrected chi connectivity index (χ1v) is 5.05. The Hall–Kier alpha value is -1.68. The SMILES string of the molecule is CC#CC.Cc1cn(C)c2ccccc12. The van der Waals surface area contributed by atoms with Crippen molar-refractivity contribution in [2.45, 2.75) is 20.8 Å². The zero-order valence-corrected chi connectivity index (χ0v) is 9.83. The summed E-state index contributed by atoms with van der Waals surface area (Å²) in [5.74, 6) is 5.36. The van der Waals surface area contributed by atoms with Crippen molar-refractivity contribution in [1.82, 2.24) is 4.57 Å². The van der Waals surface area contributed by atoms with Crippen LogP contribution in [0.15, 0.2) is 30.5 Å². The number of nitrogens with zero attached hydrogens (tertiary/aromatic N) is 1. The molecule has 15 heavy (non-hydrogen) atoms. The molecule has 0 spiro atoms. The minimum Gasteiger partial charge on any atom is -0.350 e. The highest BCUT2D eigenvalue weighted by Crippen LogP contribution is 2.18. The van der Waals surface area contributed by atoms with E-state index in [0.29, 0.717) is 0 Å². The van der Waals surface area contributed by atoms with Crippen molar-refractivity contribution >= 4 is 10.9 Å². The van der Waals surface area contributed by atoms with Crippen molar-refractivity contribution in [3.63, 3.8) is 0 Å². The van der Waals surface area contributed by atoms with E-state index >= 15 is 0 Å². The Kier molecular flexibility index (Phi) is 4.00. The second kappa shape index (κ2) is 5.26. The maximum absolute atomic E-state index is 2.68. The first kappa shape index (κ1) is 11.4. The van der Waals surface area contributed by atoms with Gasteiger partial charge in [-0.25, -0.2) is 0 Å². The largest absolute Gasteiger partial charge is 0.350 e. The van der Waals surface area contributed by atoms with Gasteiger partial charge in [0, 0.05) is 24.1 Å². The van der Waals surface area contributed by atoms with Gasteiger partial charge in [-0.2, -0.15) is 0 Å². The molecule has 0 saturated carbocycles. The molecule has 0 aliphatic carbocycles. The summed E-state index contributed by atoms with van der Waals surface area (Å²) < 4.78 is 2.16. The Labute approximate surface area is 91.7 Å². The highest BCUT2D eigenvalue weighted by molar-refractivity contribution is 5.83. The number of benzene rings is 1. The minimum atomic E-state index is 1.31. The quantitative estimate of drug-likeness (QED) is 0.572. The predicted octanol–water partition coefficient (Wildman–Crippen LogP) is 3.52. The van der Waals surface area contributed by atoms with Crippen LogP contribution in [0.1, 0.15) is 19.4 Å². The van der Waals surface area contributed by atoms with Crippen LogP contribution in [0, 0.1) is 18.8 Å². The van der Waals surface area contributed by atoms with Crippen molar-refractivity contribution in [3.05, 3.63) is 36.0 Å². The molecule has 0 fully saturated rings. The molecular weight excluding hydrogens is 182 g/mol. The van der Waals surface area contributed by atoms with Crippen molar-refractivity contribution in [2.24, 2.45) is 7.05 Å². The number of para-hydroxylation sites is 1. The average molecular weight is 199 g/mol. The minimum absolute atomic E-state index is 1.31. The van der Waals surface area contributed by atoms with Gasteiger partial charge in [0.15, 0.2) is 0 Å². The van der Waals surface area contributed by atoms with Gasteiger partial charge in [-0.3, -0.25) is 0 Å². The van der Waals surface area contributed by atoms with E-state index < -0.39 is 0 Å². The summed E-state index contributed by atoms with van der Waals surface area (Å²) in [6.07, 6.45) is 2.16. The summed E-state index contributed by atoms with van der Waals surface area (Å²) in [5.41, 5.74) is 2.66. The normalized spacial score (nSPS) is 8.80. The fourth-order valence-corrected chi connectivity index (χ4v) is 1.54. The fourth-order valence-electron chi connectivity index (χ4n) is 1.54. The third kappa shape index (κ3) is 2.63. The molecule has 0 saturated heterocycles. The molecule has 1 heterocycles. The first-order chi connectivity index (χ1) is 7.20. The molecule has 0 aliphatic heterocycles. The molecule has 2 rings (SSSR count). The van der Waals surface area contributed by atoms with Gasteiger partial charge in [-0.1, -0.05) is 18.2 Å². The lowest BCUT2D eigenvalue weighted by Crippen LogP contribution is -1.81. The van der Waals surface area contributed by atoms with E-state index in [4.69, 9.17) is 0 Å². The molecule has 78 valence electrons. The number of fused-ring (bicyclic) bond motifs is 1. The standard InChI is InChI=1S/C10H11N.C4H6/c1-8-7-11(2)10-6-4-3-5-9(8)10;1-3-4-2/h3-7H,1-2H3;1-2H3. The number of aryl methyl sites for hydroxylation is 2. The Balaban J connectivity index is 0.000000245. The molecule has 1 heteroatoms. The van der Waals surface area contributed by atoms with Crippen LogP contribution in [-0.2, 0) is 7.05 Å². The van der Waals surface area contributed by atoms with E-state index in [-0.39, 0.29) is 0 Å². The summed E-state index contributed by atoms with van der Waals surface area (Å²) in [7, 11) is 2.08. The van der Waals surface area contributed by atoms with Crippen LogP contribution in [0.2, 0.25) is 0 Å². The van der Waals surface area contributed by atoms with E-state index in [1.807, 2.05) is 13.8 Å². The van der Waals surface area contributed by atoms with Crippen LogP contribution in [0.5, 0.6) is 0 Å². The Bertz CT molecular complexity index is 453. The van der Waals surface area contributed by atoms with Crippen molar-refractivity contribution in [1.29, 1.82) is 0 Å². The highest BCUT2D eigenvalue weighted by Gasteiger charge is 1.98. The van der Waals surface area contributed by atoms with Gasteiger partial charge in [0.05, 0.1) is 0 Å². The van der Waals surface area contributed by atoms with E-state index in [1.165, 1.54) is 16.5 Å². The monoisotopic (exact) mass is 199 g/mol. The van der Waals surface area contributed by atoms with Crippen molar-refractivity contribution in [3.8, 4) is 11.8 Å². The van der Waals surface area contributed by atoms with Crippen LogP contribution in [0.3, 0.4) is 0 Å². The Morgan fingerprint density at radius 2 is 1.67 bits per heavy atom. The highest BCUT2D eigenvalue weighted by atomic mass is 14.9. The van der Waals surface area contributed by atoms with Gasteiger partial charge >= 0.3 is 0 Å². The molecule has 0 N–H and O–H groups in total. The Morgan fingerprint density at radius 1 is 1.07 bits per heavy atom. The zero-order valence-electron chi connectivity index (χ0n) is 9.83. The Morgan fingerprint density at radius 3 is 2.20 bits per heavy atom. The zero-order chi connectivity index (χ0) is 11.3. The third-order valence-electron chi connectivity index (χ3n) is 2.35. The van der Waals surface area contributed by atoms with E-state index in [9.17, 15) is 0 Å². The van der Waals surface area contributed by atoms with E-state index in [2.05, 4.69) is 60.8 Å². The topological polar surface area (TPSA) is 4.93 Å².